The van der Waals surface area contributed by atoms with Crippen LogP contribution in [0.15, 0.2) is 24.3 Å². The minimum atomic E-state index is -0.762. The molecule has 3 fully saturated rings. The summed E-state index contributed by atoms with van der Waals surface area (Å²) in [6.45, 7) is 12.1. The van der Waals surface area contributed by atoms with E-state index in [2.05, 4.69) is 31.3 Å². The quantitative estimate of drug-likeness (QED) is 0.791. The van der Waals surface area contributed by atoms with Crippen molar-refractivity contribution in [1.82, 2.24) is 5.32 Å². The number of ether oxygens (including phenoxy) is 5. The summed E-state index contributed by atoms with van der Waals surface area (Å²) in [4.78, 5) is 12.9. The van der Waals surface area contributed by atoms with Gasteiger partial charge in [0.15, 0.2) is 17.9 Å². The second-order valence-electron chi connectivity index (χ2n) is 9.60. The smallest absolute Gasteiger partial charge is 0.224 e. The summed E-state index contributed by atoms with van der Waals surface area (Å²) in [6.07, 6.45) is -1.38. The number of carbonyl (C=O) groups excluding carboxylic acids is 1. The third kappa shape index (κ3) is 4.55. The van der Waals surface area contributed by atoms with Crippen LogP contribution in [0.25, 0.3) is 0 Å². The highest BCUT2D eigenvalue weighted by Gasteiger charge is 2.58. The number of benzene rings is 1. The summed E-state index contributed by atoms with van der Waals surface area (Å²) in [5.74, 6) is -1.07. The van der Waals surface area contributed by atoms with E-state index in [1.165, 1.54) is 5.56 Å². The van der Waals surface area contributed by atoms with Gasteiger partial charge in [0.2, 0.25) is 5.91 Å². The first kappa shape index (κ1) is 21.7. The van der Waals surface area contributed by atoms with Crippen LogP contribution in [0.1, 0.15) is 58.6 Å². The van der Waals surface area contributed by atoms with E-state index in [4.69, 9.17) is 23.7 Å². The molecule has 7 nitrogen and oxygen atoms in total. The Hall–Kier alpha value is -1.51. The highest BCUT2D eigenvalue weighted by atomic mass is 16.8. The summed E-state index contributed by atoms with van der Waals surface area (Å²) in [6, 6.07) is 7.78. The second kappa shape index (κ2) is 7.88. The summed E-state index contributed by atoms with van der Waals surface area (Å²) < 4.78 is 29.8. The van der Waals surface area contributed by atoms with Gasteiger partial charge in [-0.1, -0.05) is 38.1 Å². The molecule has 0 unspecified atom stereocenters. The summed E-state index contributed by atoms with van der Waals surface area (Å²) >= 11 is 0. The first-order chi connectivity index (χ1) is 14.0. The number of rotatable bonds is 5. The lowest BCUT2D eigenvalue weighted by molar-refractivity contribution is -0.223. The average Bonchev–Trinajstić information content (AvgIpc) is 3.25. The van der Waals surface area contributed by atoms with Gasteiger partial charge in [0.1, 0.15) is 18.3 Å². The first-order valence-corrected chi connectivity index (χ1v) is 10.7. The molecule has 30 heavy (non-hydrogen) atoms. The number of carbonyl (C=O) groups is 1. The Morgan fingerprint density at radius 3 is 2.33 bits per heavy atom. The predicted molar refractivity (Wildman–Crippen MR) is 110 cm³/mol. The third-order valence-electron chi connectivity index (χ3n) is 5.82. The molecule has 0 saturated carbocycles. The van der Waals surface area contributed by atoms with Crippen LogP contribution in [0.2, 0.25) is 0 Å². The van der Waals surface area contributed by atoms with Gasteiger partial charge >= 0.3 is 0 Å². The summed E-state index contributed by atoms with van der Waals surface area (Å²) in [5, 5.41) is 3.12. The van der Waals surface area contributed by atoms with Crippen LogP contribution < -0.4 is 5.32 Å². The van der Waals surface area contributed by atoms with E-state index in [0.717, 1.165) is 5.56 Å². The van der Waals surface area contributed by atoms with Gasteiger partial charge in [-0.25, -0.2) is 0 Å². The van der Waals surface area contributed by atoms with Crippen LogP contribution in [0, 0.1) is 0 Å². The van der Waals surface area contributed by atoms with Gasteiger partial charge in [0.05, 0.1) is 19.1 Å². The van der Waals surface area contributed by atoms with Crippen molar-refractivity contribution in [2.24, 2.45) is 0 Å². The van der Waals surface area contributed by atoms with Crippen molar-refractivity contribution in [1.29, 1.82) is 0 Å². The molecule has 1 aromatic carbocycles. The second-order valence-corrected chi connectivity index (χ2v) is 9.60. The molecule has 3 aliphatic rings. The molecule has 0 radical (unpaired) electrons. The van der Waals surface area contributed by atoms with Gasteiger partial charge < -0.3 is 29.0 Å². The normalized spacial score (nSPS) is 34.3. The fourth-order valence-corrected chi connectivity index (χ4v) is 4.34. The number of nitrogens with one attached hydrogen (secondary N) is 1. The molecule has 0 aliphatic carbocycles. The molecule has 3 aliphatic heterocycles. The van der Waals surface area contributed by atoms with Gasteiger partial charge in [-0.2, -0.15) is 0 Å². The molecular formula is C23H33NO6. The number of amides is 1. The minimum Gasteiger partial charge on any atom is -0.348 e. The van der Waals surface area contributed by atoms with E-state index in [1.54, 1.807) is 0 Å². The van der Waals surface area contributed by atoms with Crippen molar-refractivity contribution < 1.29 is 28.5 Å². The van der Waals surface area contributed by atoms with Crippen LogP contribution in [0.5, 0.6) is 0 Å². The molecule has 0 bridgehead atoms. The molecule has 5 atom stereocenters. The Labute approximate surface area is 178 Å². The highest BCUT2D eigenvalue weighted by Crippen LogP contribution is 2.40. The average molecular weight is 420 g/mol. The molecule has 0 aromatic heterocycles. The van der Waals surface area contributed by atoms with E-state index in [0.29, 0.717) is 12.5 Å². The van der Waals surface area contributed by atoms with E-state index in [9.17, 15) is 4.79 Å². The van der Waals surface area contributed by atoms with Crippen molar-refractivity contribution in [3.05, 3.63) is 35.4 Å². The fourth-order valence-electron chi connectivity index (χ4n) is 4.34. The Morgan fingerprint density at radius 2 is 1.73 bits per heavy atom. The molecule has 1 aromatic rings. The van der Waals surface area contributed by atoms with Gasteiger partial charge in [0.25, 0.3) is 0 Å². The lowest BCUT2D eigenvalue weighted by atomic mass is 10.00. The van der Waals surface area contributed by atoms with Gasteiger partial charge in [-0.3, -0.25) is 4.79 Å². The maximum Gasteiger partial charge on any atom is 0.224 e. The SMILES string of the molecule is CC(C)c1ccc(CC(=O)N[C@H]2[C@H]3OC(C)(C)O[C@H]3O[C@@H]2[C@H]2COC(C)(C)O2)cc1. The Bertz CT molecular complexity index is 774. The van der Waals surface area contributed by atoms with Gasteiger partial charge in [0, 0.05) is 0 Å². The van der Waals surface area contributed by atoms with E-state index < -0.39 is 30.1 Å². The van der Waals surface area contributed by atoms with Crippen molar-refractivity contribution >= 4 is 5.91 Å². The Kier molecular flexibility index (Phi) is 5.70. The Morgan fingerprint density at radius 1 is 1.03 bits per heavy atom. The lowest BCUT2D eigenvalue weighted by Crippen LogP contribution is -2.52. The van der Waals surface area contributed by atoms with Crippen LogP contribution in [-0.2, 0) is 34.9 Å². The number of hydrogen-bond donors (Lipinski definition) is 1. The topological polar surface area (TPSA) is 75.3 Å². The zero-order chi connectivity index (χ0) is 21.7. The number of fused-ring (bicyclic) bond motifs is 1. The molecule has 3 saturated heterocycles. The largest absolute Gasteiger partial charge is 0.348 e. The van der Waals surface area contributed by atoms with Gasteiger partial charge in [-0.15, -0.1) is 0 Å². The maximum atomic E-state index is 12.9. The molecule has 7 heteroatoms. The van der Waals surface area contributed by atoms with Crippen LogP contribution in [0.4, 0.5) is 0 Å². The summed E-state index contributed by atoms with van der Waals surface area (Å²) in [7, 11) is 0. The van der Waals surface area contributed by atoms with Crippen molar-refractivity contribution in [2.45, 2.75) is 96.1 Å². The molecule has 1 amide bonds. The summed E-state index contributed by atoms with van der Waals surface area (Å²) in [5.41, 5.74) is 2.22. The van der Waals surface area contributed by atoms with Gasteiger partial charge in [-0.05, 0) is 44.7 Å². The molecular weight excluding hydrogens is 386 g/mol. The predicted octanol–water partition coefficient (Wildman–Crippen LogP) is 2.87. The molecule has 3 heterocycles. The maximum absolute atomic E-state index is 12.9. The zero-order valence-corrected chi connectivity index (χ0v) is 18.6. The monoisotopic (exact) mass is 419 g/mol. The van der Waals surface area contributed by atoms with Crippen molar-refractivity contribution in [3.8, 4) is 0 Å². The lowest BCUT2D eigenvalue weighted by Gasteiger charge is -2.29. The van der Waals surface area contributed by atoms with Crippen molar-refractivity contribution in [3.63, 3.8) is 0 Å². The van der Waals surface area contributed by atoms with Crippen LogP contribution in [0.3, 0.4) is 0 Å². The molecule has 0 spiro atoms. The fraction of sp³-hybridized carbons (Fsp3) is 0.696. The zero-order valence-electron chi connectivity index (χ0n) is 18.6. The van der Waals surface area contributed by atoms with E-state index in [1.807, 2.05) is 39.8 Å². The third-order valence-corrected chi connectivity index (χ3v) is 5.82. The standard InChI is InChI=1S/C23H33NO6/c1-13(2)15-9-7-14(8-10-15)11-17(25)24-18-19(16-12-26-22(3,4)28-16)27-21-20(18)29-23(5,6)30-21/h7-10,13,16,18-21H,11-12H2,1-6H3,(H,24,25)/t16-,18-,19-,20-,21-/m1/s1. The van der Waals surface area contributed by atoms with Crippen LogP contribution >= 0.6 is 0 Å². The molecule has 4 rings (SSSR count). The highest BCUT2D eigenvalue weighted by molar-refractivity contribution is 5.79. The van der Waals surface area contributed by atoms with E-state index in [-0.39, 0.29) is 24.5 Å². The molecule has 1 N–H and O–H groups in total. The Balaban J connectivity index is 1.46. The van der Waals surface area contributed by atoms with E-state index >= 15 is 0 Å². The minimum absolute atomic E-state index is 0.0852. The molecule has 166 valence electrons. The van der Waals surface area contributed by atoms with Crippen molar-refractivity contribution in [2.75, 3.05) is 6.61 Å². The number of hydrogen-bond acceptors (Lipinski definition) is 6. The van der Waals surface area contributed by atoms with Crippen LogP contribution in [-0.4, -0.2) is 54.7 Å². The first-order valence-electron chi connectivity index (χ1n) is 10.7.